The Morgan fingerprint density at radius 1 is 1.48 bits per heavy atom. The van der Waals surface area contributed by atoms with Gasteiger partial charge in [0.05, 0.1) is 25.7 Å². The first-order valence-electron chi connectivity index (χ1n) is 6.89. The van der Waals surface area contributed by atoms with Crippen LogP contribution >= 0.6 is 23.1 Å². The zero-order valence-electron chi connectivity index (χ0n) is 12.8. The molecule has 3 rings (SSSR count). The van der Waals surface area contributed by atoms with E-state index in [0.29, 0.717) is 14.7 Å². The molecule has 130 valence electrons. The lowest BCUT2D eigenvalue weighted by atomic mass is 10.2. The van der Waals surface area contributed by atoms with E-state index >= 15 is 0 Å². The van der Waals surface area contributed by atoms with Crippen LogP contribution in [0.1, 0.15) is 16.1 Å². The summed E-state index contributed by atoms with van der Waals surface area (Å²) in [4.78, 5) is 37.7. The first-order valence-corrected chi connectivity index (χ1v) is 8.70. The number of aryl methyl sites for hydroxylation is 1. The molecule has 0 radical (unpaired) electrons. The maximum atomic E-state index is 12.0. The van der Waals surface area contributed by atoms with Gasteiger partial charge in [0.1, 0.15) is 11.5 Å². The van der Waals surface area contributed by atoms with Crippen LogP contribution in [-0.2, 0) is 4.79 Å². The van der Waals surface area contributed by atoms with Gasteiger partial charge in [-0.15, -0.1) is 23.1 Å². The number of thioether (sulfide) groups is 1. The average Bonchev–Trinajstić information content (AvgIpc) is 3.08. The van der Waals surface area contributed by atoms with E-state index in [4.69, 9.17) is 10.3 Å². The van der Waals surface area contributed by atoms with Crippen LogP contribution in [-0.4, -0.2) is 32.8 Å². The Balaban J connectivity index is 1.84. The van der Waals surface area contributed by atoms with E-state index < -0.39 is 11.5 Å². The number of anilines is 1. The number of carbonyl (C=O) groups excluding carboxylic acids is 2. The van der Waals surface area contributed by atoms with Gasteiger partial charge in [0.15, 0.2) is 5.82 Å². The van der Waals surface area contributed by atoms with Gasteiger partial charge in [-0.05, 0) is 6.92 Å². The summed E-state index contributed by atoms with van der Waals surface area (Å²) in [6.07, 6.45) is 0. The van der Waals surface area contributed by atoms with Crippen molar-refractivity contribution >= 4 is 50.9 Å². The first-order chi connectivity index (χ1) is 11.8. The molecule has 0 fully saturated rings. The number of aromatic amines is 1. The van der Waals surface area contributed by atoms with Gasteiger partial charge in [-0.1, -0.05) is 5.16 Å². The SMILES string of the molecule is Cc1cc(NC(=O)CSc2sc3c(O)cc(=O)[nH]c3c2C(N)=O)no1. The molecular formula is C14H12N4O5S2. The second-order valence-corrected chi connectivity index (χ2v) is 7.28. The maximum Gasteiger partial charge on any atom is 0.252 e. The summed E-state index contributed by atoms with van der Waals surface area (Å²) in [7, 11) is 0. The number of aromatic hydroxyl groups is 1. The van der Waals surface area contributed by atoms with Crippen molar-refractivity contribution in [1.82, 2.24) is 10.1 Å². The third-order valence-electron chi connectivity index (χ3n) is 3.10. The molecule has 0 saturated carbocycles. The van der Waals surface area contributed by atoms with Crippen LogP contribution in [0.25, 0.3) is 10.2 Å². The summed E-state index contributed by atoms with van der Waals surface area (Å²) in [6.45, 7) is 1.70. The number of nitrogens with two attached hydrogens (primary N) is 1. The van der Waals surface area contributed by atoms with Crippen molar-refractivity contribution in [1.29, 1.82) is 0 Å². The predicted molar refractivity (Wildman–Crippen MR) is 93.2 cm³/mol. The van der Waals surface area contributed by atoms with E-state index in [1.165, 1.54) is 0 Å². The van der Waals surface area contributed by atoms with Crippen LogP contribution in [0.4, 0.5) is 5.82 Å². The molecule has 0 aliphatic heterocycles. The Morgan fingerprint density at radius 3 is 2.88 bits per heavy atom. The van der Waals surface area contributed by atoms with Gasteiger partial charge in [-0.25, -0.2) is 0 Å². The van der Waals surface area contributed by atoms with Crippen LogP contribution in [0.5, 0.6) is 5.75 Å². The summed E-state index contributed by atoms with van der Waals surface area (Å²) < 4.78 is 5.60. The highest BCUT2D eigenvalue weighted by Crippen LogP contribution is 2.40. The fourth-order valence-electron chi connectivity index (χ4n) is 2.12. The van der Waals surface area contributed by atoms with Crippen molar-refractivity contribution in [3.63, 3.8) is 0 Å². The molecule has 5 N–H and O–H groups in total. The van der Waals surface area contributed by atoms with Crippen LogP contribution < -0.4 is 16.6 Å². The number of aromatic nitrogens is 2. The van der Waals surface area contributed by atoms with Crippen molar-refractivity contribution in [2.75, 3.05) is 11.1 Å². The van der Waals surface area contributed by atoms with Crippen LogP contribution in [0.15, 0.2) is 25.7 Å². The third kappa shape index (κ3) is 3.51. The molecule has 0 aromatic carbocycles. The van der Waals surface area contributed by atoms with E-state index in [2.05, 4.69) is 15.5 Å². The second kappa shape index (κ2) is 6.61. The highest BCUT2D eigenvalue weighted by Gasteiger charge is 2.21. The molecule has 25 heavy (non-hydrogen) atoms. The zero-order valence-corrected chi connectivity index (χ0v) is 14.4. The first kappa shape index (κ1) is 17.0. The summed E-state index contributed by atoms with van der Waals surface area (Å²) in [5.41, 5.74) is 5.07. The number of hydrogen-bond donors (Lipinski definition) is 4. The molecule has 0 unspecified atom stereocenters. The summed E-state index contributed by atoms with van der Waals surface area (Å²) in [6, 6.07) is 2.58. The van der Waals surface area contributed by atoms with Crippen molar-refractivity contribution in [3.8, 4) is 5.75 Å². The number of H-pyrrole nitrogens is 1. The average molecular weight is 380 g/mol. The van der Waals surface area contributed by atoms with Crippen molar-refractivity contribution in [2.45, 2.75) is 11.1 Å². The van der Waals surface area contributed by atoms with Crippen LogP contribution in [0.3, 0.4) is 0 Å². The van der Waals surface area contributed by atoms with Crippen molar-refractivity contribution < 1.29 is 19.2 Å². The van der Waals surface area contributed by atoms with Crippen LogP contribution in [0, 0.1) is 6.92 Å². The van der Waals surface area contributed by atoms with Gasteiger partial charge in [0.2, 0.25) is 5.91 Å². The van der Waals surface area contributed by atoms with Gasteiger partial charge in [-0.3, -0.25) is 14.4 Å². The van der Waals surface area contributed by atoms with Gasteiger partial charge in [0.25, 0.3) is 11.5 Å². The van der Waals surface area contributed by atoms with Crippen LogP contribution in [0.2, 0.25) is 0 Å². The molecule has 3 aromatic rings. The Morgan fingerprint density at radius 2 is 2.24 bits per heavy atom. The number of rotatable bonds is 5. The smallest absolute Gasteiger partial charge is 0.252 e. The Kier molecular flexibility index (Phi) is 4.51. The number of amides is 2. The number of carbonyl (C=O) groups is 2. The number of thiophene rings is 1. The molecule has 0 aliphatic carbocycles. The second-order valence-electron chi connectivity index (χ2n) is 5.01. The minimum absolute atomic E-state index is 0.0238. The Hall–Kier alpha value is -2.79. The van der Waals surface area contributed by atoms with Gasteiger partial charge < -0.3 is 25.7 Å². The lowest BCUT2D eigenvalue weighted by molar-refractivity contribution is -0.113. The number of fused-ring (bicyclic) bond motifs is 1. The molecular weight excluding hydrogens is 368 g/mol. The fourth-order valence-corrected chi connectivity index (χ4v) is 4.37. The number of primary amides is 1. The minimum Gasteiger partial charge on any atom is -0.506 e. The van der Waals surface area contributed by atoms with E-state index in [9.17, 15) is 19.5 Å². The largest absolute Gasteiger partial charge is 0.506 e. The van der Waals surface area contributed by atoms with E-state index in [0.717, 1.165) is 29.2 Å². The maximum absolute atomic E-state index is 12.0. The molecule has 3 heterocycles. The quantitative estimate of drug-likeness (QED) is 0.489. The number of pyridine rings is 1. The monoisotopic (exact) mass is 380 g/mol. The van der Waals surface area contributed by atoms with Crippen molar-refractivity contribution in [2.24, 2.45) is 5.73 Å². The molecule has 0 spiro atoms. The molecule has 9 nitrogen and oxygen atoms in total. The Bertz CT molecular complexity index is 1040. The van der Waals surface area contributed by atoms with E-state index in [1.54, 1.807) is 13.0 Å². The highest BCUT2D eigenvalue weighted by molar-refractivity contribution is 8.02. The molecule has 0 atom stereocenters. The lowest BCUT2D eigenvalue weighted by Gasteiger charge is -2.01. The standard InChI is InChI=1S/C14H12N4O5S2/c1-5-2-7(18-23-5)16-9(21)4-24-14-10(13(15)22)11-12(25-14)6(19)3-8(20)17-11/h2-3H,4H2,1H3,(H2,15,22)(H,16,18,21)(H2,17,19,20). The fraction of sp³-hybridized carbons (Fsp3) is 0.143. The lowest BCUT2D eigenvalue weighted by Crippen LogP contribution is -2.15. The van der Waals surface area contributed by atoms with Gasteiger partial charge in [0, 0.05) is 12.1 Å². The number of nitrogens with zero attached hydrogens (tertiary/aromatic N) is 1. The van der Waals surface area contributed by atoms with Gasteiger partial charge in [-0.2, -0.15) is 0 Å². The molecule has 0 aliphatic rings. The van der Waals surface area contributed by atoms with Crippen molar-refractivity contribution in [3.05, 3.63) is 33.8 Å². The summed E-state index contributed by atoms with van der Waals surface area (Å²) >= 11 is 2.13. The van der Waals surface area contributed by atoms with E-state index in [-0.39, 0.29) is 34.3 Å². The molecule has 0 bridgehead atoms. The number of hydrogen-bond acceptors (Lipinski definition) is 8. The molecule has 0 saturated heterocycles. The van der Waals surface area contributed by atoms with E-state index in [1.807, 2.05) is 0 Å². The Labute approximate surface area is 148 Å². The summed E-state index contributed by atoms with van der Waals surface area (Å²) in [5, 5.41) is 16.1. The molecule has 11 heteroatoms. The summed E-state index contributed by atoms with van der Waals surface area (Å²) in [5.74, 6) is -0.546. The topological polar surface area (TPSA) is 151 Å². The third-order valence-corrected chi connectivity index (χ3v) is 5.58. The minimum atomic E-state index is -0.762. The highest BCUT2D eigenvalue weighted by atomic mass is 32.2. The predicted octanol–water partition coefficient (Wildman–Crippen LogP) is 1.42. The number of nitrogens with one attached hydrogen (secondary N) is 2. The zero-order chi connectivity index (χ0) is 18.1. The molecule has 3 aromatic heterocycles. The normalized spacial score (nSPS) is 10.9. The molecule has 2 amide bonds. The van der Waals surface area contributed by atoms with Gasteiger partial charge >= 0.3 is 0 Å².